The number of aryl methyl sites for hydroxylation is 1. The number of aromatic nitrogens is 2. The third-order valence-corrected chi connectivity index (χ3v) is 7.06. The summed E-state index contributed by atoms with van der Waals surface area (Å²) >= 11 is 0. The molecular formula is C34H24F8N2O. The highest BCUT2D eigenvalue weighted by atomic mass is 19.3. The lowest BCUT2D eigenvalue weighted by Gasteiger charge is -2.20. The number of hydrogen-bond acceptors (Lipinski definition) is 3. The fraction of sp³-hybridized carbons (Fsp3) is 0.176. The normalized spacial score (nSPS) is 11.6. The van der Waals surface area contributed by atoms with Gasteiger partial charge in [-0.05, 0) is 72.0 Å². The Morgan fingerprint density at radius 1 is 0.600 bits per heavy atom. The molecule has 0 radical (unpaired) electrons. The molecule has 11 heteroatoms. The molecule has 0 aliphatic carbocycles. The minimum Gasteiger partial charge on any atom is -0.429 e. The van der Waals surface area contributed by atoms with Crippen LogP contribution in [0.5, 0.6) is 5.75 Å². The molecule has 0 N–H and O–H groups in total. The van der Waals surface area contributed by atoms with Gasteiger partial charge in [-0.3, -0.25) is 0 Å². The summed E-state index contributed by atoms with van der Waals surface area (Å²) in [4.78, 5) is 8.51. The van der Waals surface area contributed by atoms with Crippen molar-refractivity contribution in [2.45, 2.75) is 38.7 Å². The van der Waals surface area contributed by atoms with Gasteiger partial charge in [0.15, 0.2) is 17.5 Å². The molecule has 5 aromatic rings. The number of hydrogen-bond donors (Lipinski definition) is 0. The van der Waals surface area contributed by atoms with Crippen LogP contribution in [0.15, 0.2) is 79.1 Å². The smallest absolute Gasteiger partial charge is 0.429 e. The first-order valence-electron chi connectivity index (χ1n) is 13.9. The van der Waals surface area contributed by atoms with E-state index in [1.807, 2.05) is 0 Å². The van der Waals surface area contributed by atoms with Crippen LogP contribution in [0.2, 0.25) is 0 Å². The van der Waals surface area contributed by atoms with Crippen LogP contribution in [0, 0.1) is 34.9 Å². The summed E-state index contributed by atoms with van der Waals surface area (Å²) in [6.07, 6.45) is 2.60. The molecule has 5 rings (SSSR count). The van der Waals surface area contributed by atoms with Crippen LogP contribution in [-0.2, 0) is 12.5 Å². The van der Waals surface area contributed by atoms with Crippen LogP contribution >= 0.6 is 0 Å². The number of nitrogens with zero attached hydrogens (tertiary/aromatic N) is 2. The molecular weight excluding hydrogens is 604 g/mol. The summed E-state index contributed by atoms with van der Waals surface area (Å²) in [6.45, 7) is 2.09. The van der Waals surface area contributed by atoms with Crippen LogP contribution in [0.4, 0.5) is 35.1 Å². The predicted molar refractivity (Wildman–Crippen MR) is 152 cm³/mol. The van der Waals surface area contributed by atoms with Crippen molar-refractivity contribution < 1.29 is 39.9 Å². The standard InChI is InChI=1S/C34H24F8N2O/c1-2-3-4-5-19-17-43-33(44-18-19)21-6-9-25(27(36)13-21)22-14-30(39)32(31(40)15-22)34(41,42)45-23-8-10-24(28(37)16-23)20-7-11-26(35)29(38)12-20/h6-18H,2-5H2,1H3. The maximum Gasteiger partial charge on any atom is 0.432 e. The van der Waals surface area contributed by atoms with Crippen molar-refractivity contribution in [1.82, 2.24) is 9.97 Å². The van der Waals surface area contributed by atoms with Gasteiger partial charge >= 0.3 is 6.11 Å². The summed E-state index contributed by atoms with van der Waals surface area (Å²) in [5.41, 5.74) is -1.51. The zero-order valence-electron chi connectivity index (χ0n) is 23.7. The van der Waals surface area contributed by atoms with E-state index in [9.17, 15) is 30.7 Å². The summed E-state index contributed by atoms with van der Waals surface area (Å²) in [7, 11) is 0. The van der Waals surface area contributed by atoms with E-state index in [0.717, 1.165) is 61.6 Å². The number of alkyl halides is 2. The number of ether oxygens (including phenoxy) is 1. The Kier molecular flexibility index (Phi) is 9.17. The van der Waals surface area contributed by atoms with Gasteiger partial charge in [-0.1, -0.05) is 38.0 Å². The van der Waals surface area contributed by atoms with Gasteiger partial charge in [0.25, 0.3) is 0 Å². The number of rotatable bonds is 10. The Morgan fingerprint density at radius 3 is 1.80 bits per heavy atom. The van der Waals surface area contributed by atoms with E-state index in [-0.39, 0.29) is 28.1 Å². The maximum absolute atomic E-state index is 15.1. The molecule has 1 aromatic heterocycles. The van der Waals surface area contributed by atoms with E-state index in [1.54, 1.807) is 12.4 Å². The van der Waals surface area contributed by atoms with Crippen molar-refractivity contribution in [2.24, 2.45) is 0 Å². The van der Waals surface area contributed by atoms with Crippen LogP contribution < -0.4 is 4.74 Å². The number of benzene rings is 4. The third kappa shape index (κ3) is 6.97. The Morgan fingerprint density at radius 2 is 1.18 bits per heavy atom. The highest BCUT2D eigenvalue weighted by molar-refractivity contribution is 5.69. The highest BCUT2D eigenvalue weighted by Crippen LogP contribution is 2.39. The van der Waals surface area contributed by atoms with Crippen LogP contribution in [0.1, 0.15) is 37.3 Å². The van der Waals surface area contributed by atoms with Crippen molar-refractivity contribution in [3.63, 3.8) is 0 Å². The Balaban J connectivity index is 1.36. The molecule has 4 aromatic carbocycles. The molecule has 0 aliphatic heterocycles. The van der Waals surface area contributed by atoms with Gasteiger partial charge in [0.1, 0.15) is 34.6 Å². The molecule has 0 fully saturated rings. The average molecular weight is 629 g/mol. The van der Waals surface area contributed by atoms with Crippen molar-refractivity contribution >= 4 is 0 Å². The van der Waals surface area contributed by atoms with Gasteiger partial charge < -0.3 is 4.74 Å². The van der Waals surface area contributed by atoms with Gasteiger partial charge in [0.05, 0.1) is 0 Å². The Hall–Kier alpha value is -4.80. The van der Waals surface area contributed by atoms with Crippen molar-refractivity contribution in [1.29, 1.82) is 0 Å². The lowest BCUT2D eigenvalue weighted by molar-refractivity contribution is -0.189. The molecule has 0 amide bonds. The summed E-state index contributed by atoms with van der Waals surface area (Å²) in [5, 5.41) is 0. The number of halogens is 8. The number of unbranched alkanes of at least 4 members (excludes halogenated alkanes) is 2. The second-order valence-corrected chi connectivity index (χ2v) is 10.3. The minimum absolute atomic E-state index is 0.0825. The van der Waals surface area contributed by atoms with E-state index >= 15 is 4.39 Å². The molecule has 0 saturated carbocycles. The molecule has 0 bridgehead atoms. The largest absolute Gasteiger partial charge is 0.432 e. The first kappa shape index (κ1) is 31.6. The lowest BCUT2D eigenvalue weighted by atomic mass is 10.00. The fourth-order valence-electron chi connectivity index (χ4n) is 4.76. The zero-order chi connectivity index (χ0) is 32.3. The average Bonchev–Trinajstić information content (AvgIpc) is 2.98. The Labute approximate surface area is 253 Å². The van der Waals surface area contributed by atoms with Gasteiger partial charge in [0, 0.05) is 35.2 Å². The molecule has 0 unspecified atom stereocenters. The lowest BCUT2D eigenvalue weighted by Crippen LogP contribution is -2.25. The van der Waals surface area contributed by atoms with Crippen molar-refractivity contribution in [3.05, 3.63) is 125 Å². The second-order valence-electron chi connectivity index (χ2n) is 10.3. The predicted octanol–water partition coefficient (Wildman–Crippen LogP) is 10.2. The highest BCUT2D eigenvalue weighted by Gasteiger charge is 2.41. The van der Waals surface area contributed by atoms with Crippen LogP contribution in [0.3, 0.4) is 0 Å². The molecule has 0 atom stereocenters. The monoisotopic (exact) mass is 628 g/mol. The molecule has 45 heavy (non-hydrogen) atoms. The minimum atomic E-state index is -4.62. The zero-order valence-corrected chi connectivity index (χ0v) is 23.7. The van der Waals surface area contributed by atoms with Gasteiger partial charge in [-0.2, -0.15) is 8.78 Å². The summed E-state index contributed by atoms with van der Waals surface area (Å²) in [5.74, 6) is -8.49. The van der Waals surface area contributed by atoms with E-state index in [1.165, 1.54) is 12.1 Å². The van der Waals surface area contributed by atoms with Gasteiger partial charge in [-0.15, -0.1) is 0 Å². The van der Waals surface area contributed by atoms with Crippen LogP contribution in [-0.4, -0.2) is 9.97 Å². The maximum atomic E-state index is 15.1. The van der Waals surface area contributed by atoms with E-state index in [0.29, 0.717) is 29.8 Å². The first-order chi connectivity index (χ1) is 21.5. The molecule has 0 aliphatic rings. The first-order valence-corrected chi connectivity index (χ1v) is 13.9. The van der Waals surface area contributed by atoms with Gasteiger partial charge in [-0.25, -0.2) is 36.3 Å². The van der Waals surface area contributed by atoms with Gasteiger partial charge in [0.2, 0.25) is 0 Å². The van der Waals surface area contributed by atoms with Crippen molar-refractivity contribution in [2.75, 3.05) is 0 Å². The molecule has 0 spiro atoms. The fourth-order valence-corrected chi connectivity index (χ4v) is 4.76. The van der Waals surface area contributed by atoms with E-state index in [4.69, 9.17) is 0 Å². The summed E-state index contributed by atoms with van der Waals surface area (Å²) in [6, 6.07) is 9.69. The SMILES string of the molecule is CCCCCc1cnc(-c2ccc(-c3cc(F)c(C(F)(F)Oc4ccc(-c5ccc(F)c(F)c5)c(F)c4)c(F)c3)c(F)c2)nc1. The van der Waals surface area contributed by atoms with Crippen molar-refractivity contribution in [3.8, 4) is 39.4 Å². The summed E-state index contributed by atoms with van der Waals surface area (Å²) < 4.78 is 121. The quantitative estimate of drug-likeness (QED) is 0.114. The van der Waals surface area contributed by atoms with Crippen LogP contribution in [0.25, 0.3) is 33.6 Å². The van der Waals surface area contributed by atoms with E-state index < -0.39 is 52.3 Å². The Bertz CT molecular complexity index is 1820. The second kappa shape index (κ2) is 13.1. The molecule has 3 nitrogen and oxygen atoms in total. The molecule has 232 valence electrons. The molecule has 0 saturated heterocycles. The third-order valence-electron chi connectivity index (χ3n) is 7.06. The van der Waals surface area contributed by atoms with E-state index in [2.05, 4.69) is 21.6 Å². The molecule has 1 heterocycles. The topological polar surface area (TPSA) is 35.0 Å².